The van der Waals surface area contributed by atoms with Crippen molar-refractivity contribution < 1.29 is 0 Å². The van der Waals surface area contributed by atoms with Crippen LogP contribution in [0.15, 0.2) is 24.3 Å². The molecule has 102 valence electrons. The van der Waals surface area contributed by atoms with Gasteiger partial charge in [0.05, 0.1) is 0 Å². The van der Waals surface area contributed by atoms with Crippen LogP contribution in [0, 0.1) is 6.92 Å². The molecule has 0 spiro atoms. The third-order valence-electron chi connectivity index (χ3n) is 3.30. The Balaban J connectivity index is 2.39. The van der Waals surface area contributed by atoms with Gasteiger partial charge in [0.2, 0.25) is 0 Å². The van der Waals surface area contributed by atoms with Crippen LogP contribution in [0.5, 0.6) is 0 Å². The summed E-state index contributed by atoms with van der Waals surface area (Å²) in [6.45, 7) is 5.06. The van der Waals surface area contributed by atoms with Crippen LogP contribution in [0.2, 0.25) is 0 Å². The van der Waals surface area contributed by atoms with Gasteiger partial charge in [-0.05, 0) is 25.5 Å². The number of hydrogen-bond donors (Lipinski definition) is 1. The molecule has 0 radical (unpaired) electrons. The van der Waals surface area contributed by atoms with E-state index >= 15 is 0 Å². The van der Waals surface area contributed by atoms with Gasteiger partial charge < -0.3 is 15.2 Å². The second-order valence-electron chi connectivity index (χ2n) is 4.99. The fourth-order valence-corrected chi connectivity index (χ4v) is 2.22. The van der Waals surface area contributed by atoms with Crippen LogP contribution in [0.4, 0.5) is 11.5 Å². The van der Waals surface area contributed by atoms with Crippen LogP contribution in [0.1, 0.15) is 19.2 Å². The van der Waals surface area contributed by atoms with E-state index in [1.165, 1.54) is 5.69 Å². The maximum absolute atomic E-state index is 6.21. The van der Waals surface area contributed by atoms with Gasteiger partial charge >= 0.3 is 0 Å². The van der Waals surface area contributed by atoms with E-state index < -0.39 is 0 Å². The van der Waals surface area contributed by atoms with Gasteiger partial charge in [0.25, 0.3) is 0 Å². The molecule has 1 heterocycles. The summed E-state index contributed by atoms with van der Waals surface area (Å²) < 4.78 is 2.08. The Kier molecular flexibility index (Phi) is 3.79. The van der Waals surface area contributed by atoms with Crippen molar-refractivity contribution in [3.8, 4) is 11.3 Å². The standard InChI is InChI=1S/C15H22N4/c1-5-10-19-11(2)17-14(15(19)16)12-6-8-13(9-7-12)18(3)4/h6-9H,5,10,16H2,1-4H3. The molecule has 2 aromatic rings. The average Bonchev–Trinajstić information content (AvgIpc) is 2.67. The maximum Gasteiger partial charge on any atom is 0.131 e. The van der Waals surface area contributed by atoms with Gasteiger partial charge in [0, 0.05) is 31.9 Å². The number of nitrogens with zero attached hydrogens (tertiary/aromatic N) is 3. The highest BCUT2D eigenvalue weighted by molar-refractivity contribution is 5.72. The fraction of sp³-hybridized carbons (Fsp3) is 0.400. The molecule has 0 aliphatic carbocycles. The smallest absolute Gasteiger partial charge is 0.131 e. The molecular weight excluding hydrogens is 236 g/mol. The maximum atomic E-state index is 6.21. The quantitative estimate of drug-likeness (QED) is 0.917. The number of anilines is 2. The minimum atomic E-state index is 0.761. The number of hydrogen-bond acceptors (Lipinski definition) is 3. The lowest BCUT2D eigenvalue weighted by molar-refractivity contribution is 0.665. The molecule has 4 nitrogen and oxygen atoms in total. The highest BCUT2D eigenvalue weighted by Gasteiger charge is 2.13. The summed E-state index contributed by atoms with van der Waals surface area (Å²) in [4.78, 5) is 6.68. The Morgan fingerprint density at radius 2 is 1.84 bits per heavy atom. The van der Waals surface area contributed by atoms with E-state index in [1.54, 1.807) is 0 Å². The summed E-state index contributed by atoms with van der Waals surface area (Å²) in [5.41, 5.74) is 9.34. The summed E-state index contributed by atoms with van der Waals surface area (Å²) in [7, 11) is 4.06. The minimum absolute atomic E-state index is 0.761. The van der Waals surface area contributed by atoms with Gasteiger partial charge in [0.1, 0.15) is 17.3 Å². The Hall–Kier alpha value is -1.97. The molecule has 0 atom stereocenters. The van der Waals surface area contributed by atoms with E-state index in [4.69, 9.17) is 5.73 Å². The number of rotatable bonds is 4. The largest absolute Gasteiger partial charge is 0.383 e. The van der Waals surface area contributed by atoms with Crippen molar-refractivity contribution in [3.63, 3.8) is 0 Å². The van der Waals surface area contributed by atoms with Crippen LogP contribution in [0.25, 0.3) is 11.3 Å². The molecule has 0 unspecified atom stereocenters. The molecule has 19 heavy (non-hydrogen) atoms. The van der Waals surface area contributed by atoms with Gasteiger partial charge in [0.15, 0.2) is 0 Å². The van der Waals surface area contributed by atoms with E-state index in [0.29, 0.717) is 0 Å². The van der Waals surface area contributed by atoms with Crippen molar-refractivity contribution in [3.05, 3.63) is 30.1 Å². The molecule has 0 fully saturated rings. The lowest BCUT2D eigenvalue weighted by atomic mass is 10.1. The molecule has 0 saturated heterocycles. The summed E-state index contributed by atoms with van der Waals surface area (Å²) in [6.07, 6.45) is 1.06. The topological polar surface area (TPSA) is 47.1 Å². The number of imidazole rings is 1. The number of benzene rings is 1. The van der Waals surface area contributed by atoms with Crippen LogP contribution < -0.4 is 10.6 Å². The highest BCUT2D eigenvalue weighted by atomic mass is 15.1. The van der Waals surface area contributed by atoms with Gasteiger partial charge in [-0.1, -0.05) is 19.1 Å². The molecule has 0 aliphatic heterocycles. The zero-order valence-corrected chi connectivity index (χ0v) is 12.1. The molecular formula is C15H22N4. The second kappa shape index (κ2) is 5.34. The Labute approximate surface area is 114 Å². The van der Waals surface area contributed by atoms with Crippen molar-refractivity contribution >= 4 is 11.5 Å². The fourth-order valence-electron chi connectivity index (χ4n) is 2.22. The predicted molar refractivity (Wildman–Crippen MR) is 81.4 cm³/mol. The van der Waals surface area contributed by atoms with Crippen LogP contribution in [-0.4, -0.2) is 23.6 Å². The zero-order chi connectivity index (χ0) is 14.0. The van der Waals surface area contributed by atoms with Crippen LogP contribution >= 0.6 is 0 Å². The summed E-state index contributed by atoms with van der Waals surface area (Å²) in [5, 5.41) is 0. The first-order valence-electron chi connectivity index (χ1n) is 6.65. The predicted octanol–water partition coefficient (Wildman–Crippen LogP) is 2.92. The van der Waals surface area contributed by atoms with Crippen LogP contribution in [0.3, 0.4) is 0 Å². The minimum Gasteiger partial charge on any atom is -0.383 e. The molecule has 2 rings (SSSR count). The van der Waals surface area contributed by atoms with E-state index in [2.05, 4.69) is 45.6 Å². The Bertz CT molecular complexity index is 552. The zero-order valence-electron chi connectivity index (χ0n) is 12.1. The van der Waals surface area contributed by atoms with Gasteiger partial charge in [-0.2, -0.15) is 0 Å². The van der Waals surface area contributed by atoms with E-state index in [-0.39, 0.29) is 0 Å². The van der Waals surface area contributed by atoms with E-state index in [1.807, 2.05) is 21.0 Å². The molecule has 0 saturated carbocycles. The molecule has 1 aromatic carbocycles. The van der Waals surface area contributed by atoms with Crippen molar-refractivity contribution in [2.24, 2.45) is 0 Å². The third kappa shape index (κ3) is 2.57. The van der Waals surface area contributed by atoms with E-state index in [0.717, 1.165) is 35.9 Å². The summed E-state index contributed by atoms with van der Waals surface area (Å²) >= 11 is 0. The van der Waals surface area contributed by atoms with Gasteiger partial charge in [-0.15, -0.1) is 0 Å². The van der Waals surface area contributed by atoms with Crippen molar-refractivity contribution in [2.45, 2.75) is 26.8 Å². The lowest BCUT2D eigenvalue weighted by Gasteiger charge is -2.12. The monoisotopic (exact) mass is 258 g/mol. The highest BCUT2D eigenvalue weighted by Crippen LogP contribution is 2.27. The molecule has 0 amide bonds. The van der Waals surface area contributed by atoms with Crippen LogP contribution in [-0.2, 0) is 6.54 Å². The molecule has 4 heteroatoms. The van der Waals surface area contributed by atoms with Gasteiger partial charge in [-0.25, -0.2) is 4.98 Å². The SMILES string of the molecule is CCCn1c(C)nc(-c2ccc(N(C)C)cc2)c1N. The first-order valence-corrected chi connectivity index (χ1v) is 6.65. The Morgan fingerprint density at radius 1 is 1.21 bits per heavy atom. The summed E-state index contributed by atoms with van der Waals surface area (Å²) in [5.74, 6) is 1.74. The first-order chi connectivity index (χ1) is 9.04. The third-order valence-corrected chi connectivity index (χ3v) is 3.30. The second-order valence-corrected chi connectivity index (χ2v) is 4.99. The average molecular weight is 258 g/mol. The normalized spacial score (nSPS) is 10.7. The molecule has 0 aliphatic rings. The lowest BCUT2D eigenvalue weighted by Crippen LogP contribution is -2.08. The van der Waals surface area contributed by atoms with Crippen molar-refractivity contribution in [2.75, 3.05) is 24.7 Å². The first kappa shape index (κ1) is 13.5. The van der Waals surface area contributed by atoms with Crippen molar-refractivity contribution in [1.29, 1.82) is 0 Å². The molecule has 2 N–H and O–H groups in total. The van der Waals surface area contributed by atoms with Crippen molar-refractivity contribution in [1.82, 2.24) is 9.55 Å². The number of nitrogens with two attached hydrogens (primary N) is 1. The number of aromatic nitrogens is 2. The summed E-state index contributed by atoms with van der Waals surface area (Å²) in [6, 6.07) is 8.32. The number of nitrogen functional groups attached to an aromatic ring is 1. The Morgan fingerprint density at radius 3 is 2.37 bits per heavy atom. The van der Waals surface area contributed by atoms with Gasteiger partial charge in [-0.3, -0.25) is 0 Å². The van der Waals surface area contributed by atoms with E-state index in [9.17, 15) is 0 Å². The molecule has 0 bridgehead atoms. The number of aryl methyl sites for hydroxylation is 1. The molecule has 1 aromatic heterocycles.